The average Bonchev–Trinajstić information content (AvgIpc) is 2.60. The van der Waals surface area contributed by atoms with Gasteiger partial charge in [0, 0.05) is 27.7 Å². The number of anilines is 1. The highest BCUT2D eigenvalue weighted by Gasteiger charge is 2.33. The fourth-order valence-electron chi connectivity index (χ4n) is 3.17. The molecule has 27 heavy (non-hydrogen) atoms. The number of benzene rings is 2. The van der Waals surface area contributed by atoms with Crippen LogP contribution in [0.5, 0.6) is 5.75 Å². The molecule has 2 atom stereocenters. The van der Waals surface area contributed by atoms with Gasteiger partial charge in [-0.1, -0.05) is 35.3 Å². The molecule has 6 nitrogen and oxygen atoms in total. The van der Waals surface area contributed by atoms with Crippen molar-refractivity contribution in [1.82, 2.24) is 5.32 Å². The Morgan fingerprint density at radius 1 is 1.30 bits per heavy atom. The summed E-state index contributed by atoms with van der Waals surface area (Å²) in [6.07, 6.45) is 0.312. The zero-order chi connectivity index (χ0) is 19.6. The zero-order valence-electron chi connectivity index (χ0n) is 14.5. The molecule has 1 amide bonds. The van der Waals surface area contributed by atoms with Crippen LogP contribution in [-0.4, -0.2) is 30.1 Å². The largest absolute Gasteiger partial charge is 0.497 e. The molecule has 0 aliphatic carbocycles. The fourth-order valence-corrected chi connectivity index (χ4v) is 3.79. The van der Waals surface area contributed by atoms with Crippen molar-refractivity contribution >= 4 is 40.8 Å². The topological polar surface area (TPSA) is 87.7 Å². The Kier molecular flexibility index (Phi) is 5.77. The lowest BCUT2D eigenvalue weighted by atomic mass is 9.92. The number of aliphatic carboxylic acids is 1. The van der Waals surface area contributed by atoms with Gasteiger partial charge in [-0.05, 0) is 29.8 Å². The van der Waals surface area contributed by atoms with Gasteiger partial charge in [0.05, 0.1) is 19.6 Å². The van der Waals surface area contributed by atoms with Crippen LogP contribution in [0, 0.1) is 0 Å². The summed E-state index contributed by atoms with van der Waals surface area (Å²) in [6.45, 7) is 0. The minimum atomic E-state index is -1.01. The number of amides is 1. The van der Waals surface area contributed by atoms with E-state index in [-0.39, 0.29) is 18.7 Å². The molecule has 0 bridgehead atoms. The summed E-state index contributed by atoms with van der Waals surface area (Å²) in [6, 6.07) is 9.00. The number of fused-ring (bicyclic) bond motifs is 1. The van der Waals surface area contributed by atoms with E-state index in [0.29, 0.717) is 27.0 Å². The number of carboxylic acids is 1. The number of carbonyl (C=O) groups is 2. The van der Waals surface area contributed by atoms with Crippen LogP contribution in [0.2, 0.25) is 10.0 Å². The molecular weight excluding hydrogens is 391 g/mol. The molecular formula is C19H18Cl2N2O4. The number of hydrogen-bond donors (Lipinski definition) is 3. The third kappa shape index (κ3) is 4.46. The lowest BCUT2D eigenvalue weighted by molar-refractivity contribution is -0.138. The minimum Gasteiger partial charge on any atom is -0.497 e. The van der Waals surface area contributed by atoms with Crippen LogP contribution in [0.1, 0.15) is 23.6 Å². The first-order valence-electron chi connectivity index (χ1n) is 8.28. The summed E-state index contributed by atoms with van der Waals surface area (Å²) in [5.74, 6) is -0.587. The van der Waals surface area contributed by atoms with E-state index in [9.17, 15) is 14.7 Å². The van der Waals surface area contributed by atoms with Gasteiger partial charge in [0.15, 0.2) is 0 Å². The maximum atomic E-state index is 12.6. The van der Waals surface area contributed by atoms with Crippen LogP contribution < -0.4 is 15.4 Å². The number of carboxylic acid groups (broad SMARTS) is 1. The van der Waals surface area contributed by atoms with E-state index in [4.69, 9.17) is 27.9 Å². The number of halogens is 2. The molecule has 0 spiro atoms. The number of nitrogens with one attached hydrogen (secondary N) is 2. The van der Waals surface area contributed by atoms with Crippen molar-refractivity contribution in [2.75, 3.05) is 12.4 Å². The smallest absolute Gasteiger partial charge is 0.326 e. The summed E-state index contributed by atoms with van der Waals surface area (Å²) in [4.78, 5) is 24.0. The van der Waals surface area contributed by atoms with Crippen molar-refractivity contribution in [3.63, 3.8) is 0 Å². The third-order valence-electron chi connectivity index (χ3n) is 4.38. The first-order chi connectivity index (χ1) is 12.9. The van der Waals surface area contributed by atoms with Gasteiger partial charge in [0.25, 0.3) is 0 Å². The van der Waals surface area contributed by atoms with E-state index in [1.165, 1.54) is 0 Å². The Morgan fingerprint density at radius 2 is 2.07 bits per heavy atom. The summed E-state index contributed by atoms with van der Waals surface area (Å²) in [5, 5.41) is 16.0. The van der Waals surface area contributed by atoms with Gasteiger partial charge >= 0.3 is 5.97 Å². The highest BCUT2D eigenvalue weighted by molar-refractivity contribution is 6.35. The second-order valence-electron chi connectivity index (χ2n) is 6.27. The van der Waals surface area contributed by atoms with Crippen LogP contribution in [0.25, 0.3) is 0 Å². The number of carbonyl (C=O) groups excluding carboxylic acids is 1. The molecule has 0 aromatic heterocycles. The molecule has 0 unspecified atom stereocenters. The summed E-state index contributed by atoms with van der Waals surface area (Å²) in [7, 11) is 1.56. The Balaban J connectivity index is 1.82. The van der Waals surface area contributed by atoms with Gasteiger partial charge in [-0.2, -0.15) is 0 Å². The van der Waals surface area contributed by atoms with Crippen LogP contribution in [0.3, 0.4) is 0 Å². The maximum Gasteiger partial charge on any atom is 0.326 e. The van der Waals surface area contributed by atoms with Gasteiger partial charge in [0.1, 0.15) is 11.8 Å². The van der Waals surface area contributed by atoms with E-state index in [0.717, 1.165) is 5.56 Å². The SMILES string of the molecule is COc1cccc(CC(=O)N[C@H]2C[C@H](C(=O)O)Nc3cc(Cl)cc(Cl)c32)c1. The highest BCUT2D eigenvalue weighted by Crippen LogP contribution is 2.39. The van der Waals surface area contributed by atoms with E-state index < -0.39 is 18.1 Å². The third-order valence-corrected chi connectivity index (χ3v) is 4.91. The molecule has 0 radical (unpaired) electrons. The molecule has 8 heteroatoms. The Morgan fingerprint density at radius 3 is 2.78 bits per heavy atom. The van der Waals surface area contributed by atoms with Crippen molar-refractivity contribution in [2.24, 2.45) is 0 Å². The van der Waals surface area contributed by atoms with Gasteiger partial charge in [-0.3, -0.25) is 4.79 Å². The van der Waals surface area contributed by atoms with Crippen molar-refractivity contribution in [2.45, 2.75) is 24.9 Å². The van der Waals surface area contributed by atoms with Gasteiger partial charge in [0.2, 0.25) is 5.91 Å². The molecule has 1 aliphatic rings. The molecule has 2 aromatic carbocycles. The second-order valence-corrected chi connectivity index (χ2v) is 7.11. The molecule has 3 rings (SSSR count). The molecule has 0 fully saturated rings. The fraction of sp³-hybridized carbons (Fsp3) is 0.263. The first kappa shape index (κ1) is 19.3. The van der Waals surface area contributed by atoms with Crippen LogP contribution in [0.4, 0.5) is 5.69 Å². The maximum absolute atomic E-state index is 12.6. The summed E-state index contributed by atoms with van der Waals surface area (Å²) < 4.78 is 5.17. The standard InChI is InChI=1S/C19H18Cl2N2O4/c1-27-12-4-2-3-10(5-12)6-17(24)23-15-9-16(19(25)26)22-14-8-11(20)7-13(21)18(14)15/h2-5,7-8,15-16,22H,6,9H2,1H3,(H,23,24)(H,25,26)/t15-,16+/m0/s1. The summed E-state index contributed by atoms with van der Waals surface area (Å²) in [5.41, 5.74) is 1.94. The lowest BCUT2D eigenvalue weighted by Gasteiger charge is -2.32. The van der Waals surface area contributed by atoms with Crippen molar-refractivity contribution in [3.05, 3.63) is 57.6 Å². The number of ether oxygens (including phenoxy) is 1. The molecule has 0 saturated heterocycles. The van der Waals surface area contributed by atoms with Crippen LogP contribution in [-0.2, 0) is 16.0 Å². The van der Waals surface area contributed by atoms with E-state index in [1.54, 1.807) is 37.4 Å². The Hall–Kier alpha value is -2.44. The van der Waals surface area contributed by atoms with Crippen LogP contribution >= 0.6 is 23.2 Å². The van der Waals surface area contributed by atoms with Crippen molar-refractivity contribution < 1.29 is 19.4 Å². The number of methoxy groups -OCH3 is 1. The van der Waals surface area contributed by atoms with Gasteiger partial charge < -0.3 is 20.5 Å². The van der Waals surface area contributed by atoms with Gasteiger partial charge in [-0.25, -0.2) is 4.79 Å². The van der Waals surface area contributed by atoms with E-state index >= 15 is 0 Å². The number of hydrogen-bond acceptors (Lipinski definition) is 4. The molecule has 1 aliphatic heterocycles. The normalized spacial score (nSPS) is 18.2. The monoisotopic (exact) mass is 408 g/mol. The van der Waals surface area contributed by atoms with Crippen LogP contribution in [0.15, 0.2) is 36.4 Å². The Labute approximate surface area is 166 Å². The van der Waals surface area contributed by atoms with Crippen molar-refractivity contribution in [1.29, 1.82) is 0 Å². The first-order valence-corrected chi connectivity index (χ1v) is 9.03. The van der Waals surface area contributed by atoms with E-state index in [2.05, 4.69) is 10.6 Å². The average molecular weight is 409 g/mol. The molecule has 2 aromatic rings. The second kappa shape index (κ2) is 8.06. The zero-order valence-corrected chi connectivity index (χ0v) is 16.0. The highest BCUT2D eigenvalue weighted by atomic mass is 35.5. The molecule has 142 valence electrons. The quantitative estimate of drug-likeness (QED) is 0.702. The summed E-state index contributed by atoms with van der Waals surface area (Å²) >= 11 is 12.3. The van der Waals surface area contributed by atoms with Crippen molar-refractivity contribution in [3.8, 4) is 5.75 Å². The molecule has 3 N–H and O–H groups in total. The molecule has 0 saturated carbocycles. The Bertz CT molecular complexity index is 888. The molecule has 1 heterocycles. The van der Waals surface area contributed by atoms with Gasteiger partial charge in [-0.15, -0.1) is 0 Å². The van der Waals surface area contributed by atoms with E-state index in [1.807, 2.05) is 6.07 Å². The lowest BCUT2D eigenvalue weighted by Crippen LogP contribution is -2.41. The minimum absolute atomic E-state index is 0.138. The number of rotatable bonds is 5. The predicted molar refractivity (Wildman–Crippen MR) is 104 cm³/mol. The predicted octanol–water partition coefficient (Wildman–Crippen LogP) is 3.67.